The summed E-state index contributed by atoms with van der Waals surface area (Å²) in [6.45, 7) is 3.71. The molecule has 1 aromatic carbocycles. The summed E-state index contributed by atoms with van der Waals surface area (Å²) in [5, 5.41) is 7.56. The van der Waals surface area contributed by atoms with Gasteiger partial charge in [0, 0.05) is 38.7 Å². The van der Waals surface area contributed by atoms with Crippen molar-refractivity contribution in [1.82, 2.24) is 15.4 Å². The average Bonchev–Trinajstić information content (AvgIpc) is 3.03. The van der Waals surface area contributed by atoms with Crippen LogP contribution in [0.25, 0.3) is 11.3 Å². The molecule has 1 amide bonds. The first kappa shape index (κ1) is 16.7. The number of aromatic nitrogens is 1. The molecular formula is C19H25N3O2. The normalized spacial score (nSPS) is 20.8. The van der Waals surface area contributed by atoms with Gasteiger partial charge in [0.15, 0.2) is 0 Å². The van der Waals surface area contributed by atoms with E-state index < -0.39 is 5.41 Å². The monoisotopic (exact) mass is 327 g/mol. The second-order valence-corrected chi connectivity index (χ2v) is 6.98. The summed E-state index contributed by atoms with van der Waals surface area (Å²) in [6.07, 6.45) is 2.45. The van der Waals surface area contributed by atoms with Gasteiger partial charge in [0.05, 0.1) is 5.41 Å². The third-order valence-electron chi connectivity index (χ3n) is 4.75. The Labute approximate surface area is 143 Å². The average molecular weight is 327 g/mol. The van der Waals surface area contributed by atoms with E-state index in [1.165, 1.54) is 5.56 Å². The van der Waals surface area contributed by atoms with E-state index >= 15 is 0 Å². The van der Waals surface area contributed by atoms with E-state index in [1.807, 2.05) is 32.3 Å². The molecular weight excluding hydrogens is 302 g/mol. The summed E-state index contributed by atoms with van der Waals surface area (Å²) in [6, 6.07) is 10.2. The summed E-state index contributed by atoms with van der Waals surface area (Å²) in [5.41, 5.74) is 2.63. The van der Waals surface area contributed by atoms with Crippen LogP contribution in [-0.4, -0.2) is 43.1 Å². The number of hydrogen-bond acceptors (Lipinski definition) is 4. The zero-order valence-corrected chi connectivity index (χ0v) is 14.6. The van der Waals surface area contributed by atoms with Crippen LogP contribution in [0.2, 0.25) is 0 Å². The van der Waals surface area contributed by atoms with Crippen molar-refractivity contribution in [3.05, 3.63) is 41.7 Å². The summed E-state index contributed by atoms with van der Waals surface area (Å²) >= 11 is 0. The third-order valence-corrected chi connectivity index (χ3v) is 4.75. The minimum absolute atomic E-state index is 0.156. The zero-order chi connectivity index (χ0) is 17.2. The molecule has 2 heterocycles. The Morgan fingerprint density at radius 1 is 1.33 bits per heavy atom. The standard InChI is InChI=1S/C19H25N3O2/c1-14-5-7-15(8-6-14)17-11-16(24-21-17)12-19(18(23)22(2)3)9-4-10-20-13-19/h5-8,11,20H,4,9-10,12-13H2,1-3H3. The molecule has 1 fully saturated rings. The van der Waals surface area contributed by atoms with E-state index in [0.717, 1.165) is 36.4 Å². The van der Waals surface area contributed by atoms with E-state index in [-0.39, 0.29) is 5.91 Å². The molecule has 24 heavy (non-hydrogen) atoms. The van der Waals surface area contributed by atoms with Crippen LogP contribution in [0.5, 0.6) is 0 Å². The fourth-order valence-corrected chi connectivity index (χ4v) is 3.44. The van der Waals surface area contributed by atoms with Gasteiger partial charge in [0.25, 0.3) is 0 Å². The maximum Gasteiger partial charge on any atom is 0.230 e. The van der Waals surface area contributed by atoms with E-state index in [2.05, 4.69) is 29.5 Å². The van der Waals surface area contributed by atoms with Crippen LogP contribution >= 0.6 is 0 Å². The first-order valence-electron chi connectivity index (χ1n) is 8.45. The van der Waals surface area contributed by atoms with Gasteiger partial charge < -0.3 is 14.7 Å². The summed E-state index contributed by atoms with van der Waals surface area (Å²) in [4.78, 5) is 14.4. The number of benzene rings is 1. The van der Waals surface area contributed by atoms with Crippen molar-refractivity contribution in [2.45, 2.75) is 26.2 Å². The van der Waals surface area contributed by atoms with Gasteiger partial charge in [0.1, 0.15) is 11.5 Å². The van der Waals surface area contributed by atoms with Gasteiger partial charge in [-0.25, -0.2) is 0 Å². The van der Waals surface area contributed by atoms with Crippen LogP contribution in [0.15, 0.2) is 34.9 Å². The maximum atomic E-state index is 12.8. The molecule has 0 bridgehead atoms. The first-order chi connectivity index (χ1) is 11.5. The Balaban J connectivity index is 1.83. The van der Waals surface area contributed by atoms with E-state index in [4.69, 9.17) is 4.52 Å². The van der Waals surface area contributed by atoms with Crippen LogP contribution in [0.1, 0.15) is 24.2 Å². The van der Waals surface area contributed by atoms with Crippen molar-refractivity contribution in [2.75, 3.05) is 27.2 Å². The van der Waals surface area contributed by atoms with Gasteiger partial charge >= 0.3 is 0 Å². The Hall–Kier alpha value is -2.14. The number of rotatable bonds is 4. The number of hydrogen-bond donors (Lipinski definition) is 1. The third kappa shape index (κ3) is 3.36. The number of piperidine rings is 1. The highest BCUT2D eigenvalue weighted by Crippen LogP contribution is 2.33. The number of amides is 1. The van der Waals surface area contributed by atoms with Crippen LogP contribution in [0.4, 0.5) is 0 Å². The molecule has 1 atom stereocenters. The first-order valence-corrected chi connectivity index (χ1v) is 8.45. The van der Waals surface area contributed by atoms with Crippen molar-refractivity contribution in [1.29, 1.82) is 0 Å². The van der Waals surface area contributed by atoms with Crippen molar-refractivity contribution >= 4 is 5.91 Å². The van der Waals surface area contributed by atoms with Crippen LogP contribution in [0.3, 0.4) is 0 Å². The predicted molar refractivity (Wildman–Crippen MR) is 93.6 cm³/mol. The Morgan fingerprint density at radius 2 is 2.08 bits per heavy atom. The quantitative estimate of drug-likeness (QED) is 0.938. The molecule has 0 aliphatic carbocycles. The number of nitrogens with one attached hydrogen (secondary N) is 1. The second kappa shape index (κ2) is 6.77. The van der Waals surface area contributed by atoms with Gasteiger partial charge in [-0.3, -0.25) is 4.79 Å². The Kier molecular flexibility index (Phi) is 4.71. The summed E-state index contributed by atoms with van der Waals surface area (Å²) < 4.78 is 5.56. The predicted octanol–water partition coefficient (Wildman–Crippen LogP) is 2.65. The van der Waals surface area contributed by atoms with Crippen LogP contribution in [0, 0.1) is 12.3 Å². The Morgan fingerprint density at radius 3 is 2.71 bits per heavy atom. The highest BCUT2D eigenvalue weighted by Gasteiger charge is 2.41. The molecule has 3 rings (SSSR count). The lowest BCUT2D eigenvalue weighted by atomic mass is 9.76. The fourth-order valence-electron chi connectivity index (χ4n) is 3.44. The van der Waals surface area contributed by atoms with Gasteiger partial charge in [-0.15, -0.1) is 0 Å². The molecule has 0 spiro atoms. The van der Waals surface area contributed by atoms with E-state index in [0.29, 0.717) is 13.0 Å². The molecule has 5 nitrogen and oxygen atoms in total. The SMILES string of the molecule is Cc1ccc(-c2cc(CC3(C(=O)N(C)C)CCCNC3)on2)cc1. The smallest absolute Gasteiger partial charge is 0.230 e. The van der Waals surface area contributed by atoms with Gasteiger partial charge in [0.2, 0.25) is 5.91 Å². The van der Waals surface area contributed by atoms with Crippen molar-refractivity contribution in [3.63, 3.8) is 0 Å². The Bertz CT molecular complexity index is 698. The molecule has 0 saturated carbocycles. The van der Waals surface area contributed by atoms with Crippen LogP contribution in [-0.2, 0) is 11.2 Å². The number of nitrogens with zero attached hydrogens (tertiary/aromatic N) is 2. The lowest BCUT2D eigenvalue weighted by Gasteiger charge is -2.37. The lowest BCUT2D eigenvalue weighted by Crippen LogP contribution is -2.51. The molecule has 1 saturated heterocycles. The molecule has 1 aliphatic rings. The second-order valence-electron chi connectivity index (χ2n) is 6.98. The molecule has 1 unspecified atom stereocenters. The number of carbonyl (C=O) groups is 1. The van der Waals surface area contributed by atoms with Crippen molar-refractivity contribution in [3.8, 4) is 11.3 Å². The van der Waals surface area contributed by atoms with Crippen LogP contribution < -0.4 is 5.32 Å². The van der Waals surface area contributed by atoms with E-state index in [1.54, 1.807) is 4.90 Å². The lowest BCUT2D eigenvalue weighted by molar-refractivity contribution is -0.140. The number of aryl methyl sites for hydroxylation is 1. The topological polar surface area (TPSA) is 58.4 Å². The molecule has 128 valence electrons. The summed E-state index contributed by atoms with van der Waals surface area (Å²) in [5.74, 6) is 0.924. The molecule has 2 aromatic rings. The van der Waals surface area contributed by atoms with Gasteiger partial charge in [-0.1, -0.05) is 35.0 Å². The zero-order valence-electron chi connectivity index (χ0n) is 14.6. The van der Waals surface area contributed by atoms with Crippen molar-refractivity contribution < 1.29 is 9.32 Å². The minimum atomic E-state index is -0.439. The molecule has 1 aromatic heterocycles. The maximum absolute atomic E-state index is 12.8. The molecule has 0 radical (unpaired) electrons. The molecule has 5 heteroatoms. The largest absolute Gasteiger partial charge is 0.361 e. The molecule has 1 N–H and O–H groups in total. The highest BCUT2D eigenvalue weighted by atomic mass is 16.5. The highest BCUT2D eigenvalue weighted by molar-refractivity contribution is 5.83. The van der Waals surface area contributed by atoms with E-state index in [9.17, 15) is 4.79 Å². The summed E-state index contributed by atoms with van der Waals surface area (Å²) in [7, 11) is 3.63. The van der Waals surface area contributed by atoms with Gasteiger partial charge in [-0.2, -0.15) is 0 Å². The fraction of sp³-hybridized carbons (Fsp3) is 0.474. The number of carbonyl (C=O) groups excluding carboxylic acids is 1. The molecule has 1 aliphatic heterocycles. The van der Waals surface area contributed by atoms with Crippen molar-refractivity contribution in [2.24, 2.45) is 5.41 Å². The van der Waals surface area contributed by atoms with Gasteiger partial charge in [-0.05, 0) is 26.3 Å². The minimum Gasteiger partial charge on any atom is -0.361 e.